The van der Waals surface area contributed by atoms with Crippen LogP contribution in [0.4, 0.5) is 0 Å². The fourth-order valence-corrected chi connectivity index (χ4v) is 3.39. The molecule has 100 valence electrons. The molecule has 0 radical (unpaired) electrons. The molecule has 2 aromatic heterocycles. The summed E-state index contributed by atoms with van der Waals surface area (Å²) in [5.41, 5.74) is 2.66. The van der Waals surface area contributed by atoms with Gasteiger partial charge in [-0.2, -0.15) is 0 Å². The van der Waals surface area contributed by atoms with Gasteiger partial charge in [0.2, 0.25) is 0 Å². The molecule has 2 unspecified atom stereocenters. The zero-order chi connectivity index (χ0) is 13.1. The highest BCUT2D eigenvalue weighted by Gasteiger charge is 2.21. The Morgan fingerprint density at radius 2 is 2.37 bits per heavy atom. The van der Waals surface area contributed by atoms with Crippen molar-refractivity contribution in [2.24, 2.45) is 0 Å². The zero-order valence-electron chi connectivity index (χ0n) is 11.2. The number of rotatable bonds is 4. The van der Waals surface area contributed by atoms with Crippen LogP contribution in [0.5, 0.6) is 0 Å². The van der Waals surface area contributed by atoms with E-state index in [4.69, 9.17) is 0 Å². The summed E-state index contributed by atoms with van der Waals surface area (Å²) in [5.74, 6) is 0.467. The largest absolute Gasteiger partial charge is 0.308 e. The van der Waals surface area contributed by atoms with Crippen LogP contribution in [0, 0.1) is 0 Å². The monoisotopic (exact) mass is 273 g/mol. The van der Waals surface area contributed by atoms with Crippen LogP contribution < -0.4 is 5.32 Å². The van der Waals surface area contributed by atoms with Crippen molar-refractivity contribution in [1.29, 1.82) is 0 Å². The van der Waals surface area contributed by atoms with Gasteiger partial charge in [0.1, 0.15) is 0 Å². The van der Waals surface area contributed by atoms with Crippen molar-refractivity contribution in [3.8, 4) is 0 Å². The van der Waals surface area contributed by atoms with E-state index in [0.29, 0.717) is 12.0 Å². The first kappa shape index (κ1) is 12.8. The molecule has 4 heteroatoms. The number of nitrogens with zero attached hydrogens (tertiary/aromatic N) is 2. The van der Waals surface area contributed by atoms with E-state index in [9.17, 15) is 0 Å². The Kier molecular flexibility index (Phi) is 3.89. The number of hydrogen-bond donors (Lipinski definition) is 1. The molecule has 2 heterocycles. The summed E-state index contributed by atoms with van der Waals surface area (Å²) in [6.07, 6.45) is 7.40. The molecule has 1 N–H and O–H groups in total. The van der Waals surface area contributed by atoms with E-state index in [2.05, 4.69) is 28.3 Å². The molecule has 0 fully saturated rings. The molecule has 0 bridgehead atoms. The lowest BCUT2D eigenvalue weighted by Crippen LogP contribution is -2.29. The Bertz CT molecular complexity index is 524. The van der Waals surface area contributed by atoms with Gasteiger partial charge >= 0.3 is 0 Å². The van der Waals surface area contributed by atoms with Gasteiger partial charge in [-0.15, -0.1) is 11.3 Å². The normalized spacial score (nSPS) is 19.9. The first-order valence-electron chi connectivity index (χ1n) is 6.91. The molecular formula is C15H19N3S. The number of aromatic nitrogens is 2. The molecule has 2 atom stereocenters. The zero-order valence-corrected chi connectivity index (χ0v) is 12.0. The highest BCUT2D eigenvalue weighted by Crippen LogP contribution is 2.28. The fourth-order valence-electron chi connectivity index (χ4n) is 2.69. The van der Waals surface area contributed by atoms with E-state index >= 15 is 0 Å². The highest BCUT2D eigenvalue weighted by molar-refractivity contribution is 7.09. The van der Waals surface area contributed by atoms with E-state index in [1.807, 2.05) is 23.8 Å². The summed E-state index contributed by atoms with van der Waals surface area (Å²) in [5, 5.41) is 6.93. The number of fused-ring (bicyclic) bond motifs is 1. The Morgan fingerprint density at radius 1 is 1.42 bits per heavy atom. The van der Waals surface area contributed by atoms with Crippen molar-refractivity contribution in [2.45, 2.75) is 38.1 Å². The lowest BCUT2D eigenvalue weighted by atomic mass is 9.91. The SMILES string of the molecule is CC(CNC1CCCc2cccnc21)c1nccs1. The molecule has 0 amide bonds. The molecule has 1 aliphatic rings. The molecule has 0 aliphatic heterocycles. The summed E-state index contributed by atoms with van der Waals surface area (Å²) < 4.78 is 0. The van der Waals surface area contributed by atoms with Crippen LogP contribution in [-0.2, 0) is 6.42 Å². The van der Waals surface area contributed by atoms with E-state index in [1.54, 1.807) is 11.3 Å². The lowest BCUT2D eigenvalue weighted by molar-refractivity contribution is 0.436. The van der Waals surface area contributed by atoms with Gasteiger partial charge in [-0.1, -0.05) is 13.0 Å². The lowest BCUT2D eigenvalue weighted by Gasteiger charge is -2.26. The average molecular weight is 273 g/mol. The molecule has 0 saturated carbocycles. The van der Waals surface area contributed by atoms with Gasteiger partial charge in [0.15, 0.2) is 0 Å². The first-order chi connectivity index (χ1) is 9.34. The molecular weight excluding hydrogens is 254 g/mol. The van der Waals surface area contributed by atoms with Crippen LogP contribution in [0.3, 0.4) is 0 Å². The third-order valence-electron chi connectivity index (χ3n) is 3.74. The van der Waals surface area contributed by atoms with Crippen LogP contribution in [0.15, 0.2) is 29.9 Å². The molecule has 2 aromatic rings. The van der Waals surface area contributed by atoms with Crippen molar-refractivity contribution in [1.82, 2.24) is 15.3 Å². The Hall–Kier alpha value is -1.26. The topological polar surface area (TPSA) is 37.8 Å². The van der Waals surface area contributed by atoms with Gasteiger partial charge in [0.25, 0.3) is 0 Å². The number of aryl methyl sites for hydroxylation is 1. The molecule has 3 nitrogen and oxygen atoms in total. The maximum absolute atomic E-state index is 4.57. The van der Waals surface area contributed by atoms with E-state index < -0.39 is 0 Å². The smallest absolute Gasteiger partial charge is 0.0965 e. The fraction of sp³-hybridized carbons (Fsp3) is 0.467. The van der Waals surface area contributed by atoms with Crippen LogP contribution in [0.25, 0.3) is 0 Å². The summed E-state index contributed by atoms with van der Waals surface area (Å²) in [4.78, 5) is 8.95. The van der Waals surface area contributed by atoms with Crippen LogP contribution in [0.1, 0.15) is 48.0 Å². The number of pyridine rings is 1. The van der Waals surface area contributed by atoms with Crippen LogP contribution >= 0.6 is 11.3 Å². The first-order valence-corrected chi connectivity index (χ1v) is 7.79. The molecule has 0 saturated heterocycles. The number of hydrogen-bond acceptors (Lipinski definition) is 4. The van der Waals surface area contributed by atoms with Gasteiger partial charge < -0.3 is 5.32 Å². The van der Waals surface area contributed by atoms with Gasteiger partial charge in [-0.3, -0.25) is 4.98 Å². The summed E-state index contributed by atoms with van der Waals surface area (Å²) in [6.45, 7) is 3.20. The standard InChI is InChI=1S/C15H19N3S/c1-11(15-17-8-9-19-15)10-18-13-6-2-4-12-5-3-7-16-14(12)13/h3,5,7-9,11,13,18H,2,4,6,10H2,1H3. The van der Waals surface area contributed by atoms with Crippen molar-refractivity contribution in [3.63, 3.8) is 0 Å². The maximum Gasteiger partial charge on any atom is 0.0965 e. The van der Waals surface area contributed by atoms with Gasteiger partial charge in [0, 0.05) is 36.3 Å². The van der Waals surface area contributed by atoms with Crippen LogP contribution in [-0.4, -0.2) is 16.5 Å². The average Bonchev–Trinajstić information content (AvgIpc) is 2.99. The van der Waals surface area contributed by atoms with Gasteiger partial charge in [-0.05, 0) is 30.9 Å². The van der Waals surface area contributed by atoms with Crippen molar-refractivity contribution < 1.29 is 0 Å². The second kappa shape index (κ2) is 5.80. The summed E-state index contributed by atoms with van der Waals surface area (Å²) in [6, 6.07) is 4.66. The quantitative estimate of drug-likeness (QED) is 0.928. The number of nitrogens with one attached hydrogen (secondary N) is 1. The second-order valence-electron chi connectivity index (χ2n) is 5.17. The van der Waals surface area contributed by atoms with E-state index in [-0.39, 0.29) is 0 Å². The predicted molar refractivity (Wildman–Crippen MR) is 78.4 cm³/mol. The van der Waals surface area contributed by atoms with Crippen molar-refractivity contribution in [3.05, 3.63) is 46.2 Å². The number of thiazole rings is 1. The minimum absolute atomic E-state index is 0.410. The van der Waals surface area contributed by atoms with Crippen molar-refractivity contribution in [2.75, 3.05) is 6.54 Å². The van der Waals surface area contributed by atoms with Gasteiger partial charge in [0.05, 0.1) is 10.7 Å². The van der Waals surface area contributed by atoms with E-state index in [0.717, 1.165) is 6.54 Å². The van der Waals surface area contributed by atoms with Gasteiger partial charge in [-0.25, -0.2) is 4.98 Å². The maximum atomic E-state index is 4.57. The third kappa shape index (κ3) is 2.85. The minimum Gasteiger partial charge on any atom is -0.308 e. The Balaban J connectivity index is 1.65. The Morgan fingerprint density at radius 3 is 3.21 bits per heavy atom. The minimum atomic E-state index is 0.410. The molecule has 19 heavy (non-hydrogen) atoms. The summed E-state index contributed by atoms with van der Waals surface area (Å²) >= 11 is 1.74. The van der Waals surface area contributed by atoms with Crippen molar-refractivity contribution >= 4 is 11.3 Å². The summed E-state index contributed by atoms with van der Waals surface area (Å²) in [7, 11) is 0. The molecule has 0 aromatic carbocycles. The Labute approximate surface area is 118 Å². The van der Waals surface area contributed by atoms with E-state index in [1.165, 1.54) is 35.5 Å². The second-order valence-corrected chi connectivity index (χ2v) is 6.10. The predicted octanol–water partition coefficient (Wildman–Crippen LogP) is 3.31. The molecule has 3 rings (SSSR count). The van der Waals surface area contributed by atoms with Crippen LogP contribution in [0.2, 0.25) is 0 Å². The highest BCUT2D eigenvalue weighted by atomic mass is 32.1. The third-order valence-corrected chi connectivity index (χ3v) is 4.75. The molecule has 0 spiro atoms. The molecule has 1 aliphatic carbocycles.